The zero-order chi connectivity index (χ0) is 13.2. The van der Waals surface area contributed by atoms with Crippen molar-refractivity contribution in [1.29, 1.82) is 0 Å². The molecular formula is C12H17BrN2O2S. The summed E-state index contributed by atoms with van der Waals surface area (Å²) < 4.78 is 25.6. The van der Waals surface area contributed by atoms with Crippen molar-refractivity contribution in [3.63, 3.8) is 0 Å². The molecule has 0 aromatic heterocycles. The summed E-state index contributed by atoms with van der Waals surface area (Å²) in [7, 11) is -3.08. The van der Waals surface area contributed by atoms with Gasteiger partial charge in [-0.1, -0.05) is 22.0 Å². The lowest BCUT2D eigenvalue weighted by Gasteiger charge is -2.32. The summed E-state index contributed by atoms with van der Waals surface area (Å²) in [6.45, 7) is 1.18. The number of benzene rings is 1. The van der Waals surface area contributed by atoms with Crippen molar-refractivity contribution in [3.05, 3.63) is 28.7 Å². The minimum Gasteiger partial charge on any atom is -0.381 e. The Kier molecular flexibility index (Phi) is 4.29. The molecule has 1 atom stereocenters. The molecule has 0 saturated carbocycles. The van der Waals surface area contributed by atoms with E-state index < -0.39 is 10.0 Å². The SMILES string of the molecule is CS(=O)(=O)N1CCC[C@@H](Nc2cccc(Br)c2)C1. The van der Waals surface area contributed by atoms with Gasteiger partial charge in [-0.2, -0.15) is 0 Å². The molecule has 0 radical (unpaired) electrons. The van der Waals surface area contributed by atoms with Gasteiger partial charge in [0.2, 0.25) is 10.0 Å². The van der Waals surface area contributed by atoms with Crippen molar-refractivity contribution in [2.45, 2.75) is 18.9 Å². The minimum atomic E-state index is -3.08. The largest absolute Gasteiger partial charge is 0.381 e. The Morgan fingerprint density at radius 3 is 2.89 bits per heavy atom. The van der Waals surface area contributed by atoms with E-state index in [1.54, 1.807) is 4.31 Å². The van der Waals surface area contributed by atoms with Gasteiger partial charge in [-0.25, -0.2) is 12.7 Å². The molecule has 1 aliphatic rings. The molecule has 1 heterocycles. The standard InChI is InChI=1S/C12H17BrN2O2S/c1-18(16,17)15-7-3-6-12(9-15)14-11-5-2-4-10(13)8-11/h2,4-5,8,12,14H,3,6-7,9H2,1H3/t12-/m1/s1. The zero-order valence-electron chi connectivity index (χ0n) is 10.3. The molecule has 1 saturated heterocycles. The first kappa shape index (κ1) is 13.8. The number of piperidine rings is 1. The van der Waals surface area contributed by atoms with Gasteiger partial charge in [-0.3, -0.25) is 0 Å². The van der Waals surface area contributed by atoms with E-state index in [1.165, 1.54) is 6.26 Å². The van der Waals surface area contributed by atoms with E-state index in [1.807, 2.05) is 24.3 Å². The van der Waals surface area contributed by atoms with E-state index in [4.69, 9.17) is 0 Å². The number of hydrogen-bond acceptors (Lipinski definition) is 3. The lowest BCUT2D eigenvalue weighted by atomic mass is 10.1. The van der Waals surface area contributed by atoms with E-state index in [2.05, 4.69) is 21.2 Å². The lowest BCUT2D eigenvalue weighted by Crippen LogP contribution is -2.44. The highest BCUT2D eigenvalue weighted by atomic mass is 79.9. The van der Waals surface area contributed by atoms with Crippen LogP contribution in [0.2, 0.25) is 0 Å². The molecule has 0 amide bonds. The van der Waals surface area contributed by atoms with Gasteiger partial charge in [-0.05, 0) is 31.0 Å². The van der Waals surface area contributed by atoms with Crippen LogP contribution in [0, 0.1) is 0 Å². The molecule has 0 spiro atoms. The number of rotatable bonds is 3. The van der Waals surface area contributed by atoms with Gasteiger partial charge in [0, 0.05) is 29.3 Å². The van der Waals surface area contributed by atoms with Crippen LogP contribution >= 0.6 is 15.9 Å². The first-order valence-corrected chi connectivity index (χ1v) is 8.56. The molecule has 0 bridgehead atoms. The van der Waals surface area contributed by atoms with Gasteiger partial charge < -0.3 is 5.32 Å². The number of anilines is 1. The Bertz CT molecular complexity index is 519. The van der Waals surface area contributed by atoms with Crippen molar-refractivity contribution < 1.29 is 8.42 Å². The number of sulfonamides is 1. The summed E-state index contributed by atoms with van der Waals surface area (Å²) >= 11 is 3.42. The molecule has 1 aliphatic heterocycles. The van der Waals surface area contributed by atoms with Gasteiger partial charge in [0.05, 0.1) is 6.26 Å². The molecule has 0 unspecified atom stereocenters. The first-order chi connectivity index (χ1) is 8.45. The topological polar surface area (TPSA) is 49.4 Å². The molecule has 0 aliphatic carbocycles. The quantitative estimate of drug-likeness (QED) is 0.923. The monoisotopic (exact) mass is 332 g/mol. The molecule has 100 valence electrons. The Balaban J connectivity index is 2.02. The maximum Gasteiger partial charge on any atom is 0.211 e. The average Bonchev–Trinajstić information content (AvgIpc) is 2.28. The Labute approximate surface area is 117 Å². The highest BCUT2D eigenvalue weighted by molar-refractivity contribution is 9.10. The second-order valence-electron chi connectivity index (χ2n) is 4.61. The highest BCUT2D eigenvalue weighted by Gasteiger charge is 2.25. The summed E-state index contributed by atoms with van der Waals surface area (Å²) in [6, 6.07) is 8.10. The predicted molar refractivity (Wildman–Crippen MR) is 77.2 cm³/mol. The molecule has 1 N–H and O–H groups in total. The summed E-state index contributed by atoms with van der Waals surface area (Å²) in [5, 5.41) is 3.39. The first-order valence-electron chi connectivity index (χ1n) is 5.92. The molecule has 6 heteroatoms. The second kappa shape index (κ2) is 5.59. The van der Waals surface area contributed by atoms with Crippen LogP contribution in [0.3, 0.4) is 0 Å². The van der Waals surface area contributed by atoms with Gasteiger partial charge in [0.15, 0.2) is 0 Å². The molecule has 2 rings (SSSR count). The molecule has 18 heavy (non-hydrogen) atoms. The number of hydrogen-bond donors (Lipinski definition) is 1. The lowest BCUT2D eigenvalue weighted by molar-refractivity contribution is 0.329. The Morgan fingerprint density at radius 1 is 1.44 bits per heavy atom. The van der Waals surface area contributed by atoms with E-state index in [0.717, 1.165) is 23.0 Å². The maximum absolute atomic E-state index is 11.5. The fraction of sp³-hybridized carbons (Fsp3) is 0.500. The third kappa shape index (κ3) is 3.70. The molecule has 1 aromatic rings. The maximum atomic E-state index is 11.5. The average molecular weight is 333 g/mol. The summed E-state index contributed by atoms with van der Waals surface area (Å²) in [5.74, 6) is 0. The summed E-state index contributed by atoms with van der Waals surface area (Å²) in [4.78, 5) is 0. The van der Waals surface area contributed by atoms with Crippen LogP contribution in [0.4, 0.5) is 5.69 Å². The third-order valence-electron chi connectivity index (χ3n) is 3.05. The van der Waals surface area contributed by atoms with Crippen molar-refractivity contribution >= 4 is 31.6 Å². The molecule has 1 aromatic carbocycles. The molecule has 4 nitrogen and oxygen atoms in total. The van der Waals surface area contributed by atoms with Gasteiger partial charge in [0.1, 0.15) is 0 Å². The van der Waals surface area contributed by atoms with E-state index in [9.17, 15) is 8.42 Å². The smallest absolute Gasteiger partial charge is 0.211 e. The van der Waals surface area contributed by atoms with Gasteiger partial charge in [-0.15, -0.1) is 0 Å². The number of halogens is 1. The summed E-state index contributed by atoms with van der Waals surface area (Å²) in [6.07, 6.45) is 3.17. The second-order valence-corrected chi connectivity index (χ2v) is 7.51. The Morgan fingerprint density at radius 2 is 2.22 bits per heavy atom. The fourth-order valence-corrected chi connectivity index (χ4v) is 3.49. The fourth-order valence-electron chi connectivity index (χ4n) is 2.18. The van der Waals surface area contributed by atoms with Crippen LogP contribution < -0.4 is 5.32 Å². The van der Waals surface area contributed by atoms with Crippen molar-refractivity contribution in [1.82, 2.24) is 4.31 Å². The normalized spacial score (nSPS) is 21.8. The van der Waals surface area contributed by atoms with E-state index in [-0.39, 0.29) is 6.04 Å². The zero-order valence-corrected chi connectivity index (χ0v) is 12.7. The summed E-state index contributed by atoms with van der Waals surface area (Å²) in [5.41, 5.74) is 1.02. The van der Waals surface area contributed by atoms with Crippen molar-refractivity contribution in [2.75, 3.05) is 24.7 Å². The highest BCUT2D eigenvalue weighted by Crippen LogP contribution is 2.20. The van der Waals surface area contributed by atoms with Gasteiger partial charge in [0.25, 0.3) is 0 Å². The van der Waals surface area contributed by atoms with Crippen LogP contribution in [-0.4, -0.2) is 38.1 Å². The van der Waals surface area contributed by atoms with Crippen LogP contribution in [0.1, 0.15) is 12.8 Å². The van der Waals surface area contributed by atoms with Crippen LogP contribution in [0.5, 0.6) is 0 Å². The molecular weight excluding hydrogens is 316 g/mol. The number of nitrogens with zero attached hydrogens (tertiary/aromatic N) is 1. The van der Waals surface area contributed by atoms with Crippen molar-refractivity contribution in [3.8, 4) is 0 Å². The van der Waals surface area contributed by atoms with E-state index >= 15 is 0 Å². The van der Waals surface area contributed by atoms with Crippen LogP contribution in [0.15, 0.2) is 28.7 Å². The molecule has 1 fully saturated rings. The van der Waals surface area contributed by atoms with Crippen molar-refractivity contribution in [2.24, 2.45) is 0 Å². The predicted octanol–water partition coefficient (Wildman–Crippen LogP) is 2.29. The van der Waals surface area contributed by atoms with Crippen LogP contribution in [-0.2, 0) is 10.0 Å². The van der Waals surface area contributed by atoms with Crippen LogP contribution in [0.25, 0.3) is 0 Å². The Hall–Kier alpha value is -0.590. The minimum absolute atomic E-state index is 0.183. The van der Waals surface area contributed by atoms with E-state index in [0.29, 0.717) is 13.1 Å². The third-order valence-corrected chi connectivity index (χ3v) is 4.81. The van der Waals surface area contributed by atoms with Gasteiger partial charge >= 0.3 is 0 Å². The number of nitrogens with one attached hydrogen (secondary N) is 1.